The topological polar surface area (TPSA) is 99.1 Å². The number of aliphatic carboxylic acids is 2. The zero-order valence-corrected chi connectivity index (χ0v) is 16.3. The number of nitrogens with one attached hydrogen (secondary N) is 1. The molecule has 1 aliphatic carbocycles. The minimum Gasteiger partial charge on any atom is -0.473 e. The molecule has 0 radical (unpaired) electrons. The molecule has 1 saturated carbocycles. The first-order chi connectivity index (χ1) is 13.5. The van der Waals surface area contributed by atoms with Gasteiger partial charge < -0.3 is 25.2 Å². The normalized spacial score (nSPS) is 24.0. The van der Waals surface area contributed by atoms with Gasteiger partial charge in [-0.05, 0) is 38.0 Å². The van der Waals surface area contributed by atoms with Crippen LogP contribution < -0.4 is 15.0 Å². The smallest absolute Gasteiger partial charge is 0.473 e. The summed E-state index contributed by atoms with van der Waals surface area (Å²) in [6, 6.07) is 5.67. The molecule has 0 unspecified atom stereocenters. The lowest BCUT2D eigenvalue weighted by Crippen LogP contribution is -2.62. The van der Waals surface area contributed by atoms with E-state index < -0.39 is 18.3 Å². The van der Waals surface area contributed by atoms with E-state index in [2.05, 4.69) is 21.9 Å². The number of benzene rings is 1. The third-order valence-electron chi connectivity index (χ3n) is 4.75. The molecule has 1 aromatic rings. The Kier molecular flexibility index (Phi) is 7.59. The SMILES string of the molecule is C[C@H]1CN(c2ccc(OC(F)(F)F)c(Cl)c2)[C@@H]2CCCC[C@H]2N1.O=C(O)C(=O)O. The molecular formula is C18H22ClF3N2O5. The fraction of sp³-hybridized carbons (Fsp3) is 0.556. The number of alkyl halides is 3. The number of fused-ring (bicyclic) bond motifs is 1. The van der Waals surface area contributed by atoms with Crippen molar-refractivity contribution in [2.45, 2.75) is 57.1 Å². The van der Waals surface area contributed by atoms with Crippen molar-refractivity contribution in [3.05, 3.63) is 23.2 Å². The van der Waals surface area contributed by atoms with E-state index in [1.165, 1.54) is 18.9 Å². The summed E-state index contributed by atoms with van der Waals surface area (Å²) >= 11 is 6.00. The summed E-state index contributed by atoms with van der Waals surface area (Å²) < 4.78 is 41.0. The number of piperazine rings is 1. The van der Waals surface area contributed by atoms with Crippen molar-refractivity contribution in [1.29, 1.82) is 0 Å². The average molecular weight is 439 g/mol. The lowest BCUT2D eigenvalue weighted by molar-refractivity contribution is -0.274. The quantitative estimate of drug-likeness (QED) is 0.608. The highest BCUT2D eigenvalue weighted by Crippen LogP contribution is 2.36. The summed E-state index contributed by atoms with van der Waals surface area (Å²) in [4.78, 5) is 20.5. The van der Waals surface area contributed by atoms with Crippen LogP contribution in [-0.4, -0.2) is 53.2 Å². The van der Waals surface area contributed by atoms with E-state index in [9.17, 15) is 13.2 Å². The molecule has 3 N–H and O–H groups in total. The molecule has 7 nitrogen and oxygen atoms in total. The first-order valence-electron chi connectivity index (χ1n) is 9.02. The van der Waals surface area contributed by atoms with E-state index >= 15 is 0 Å². The largest absolute Gasteiger partial charge is 0.573 e. The number of hydrogen-bond donors (Lipinski definition) is 3. The summed E-state index contributed by atoms with van der Waals surface area (Å²) in [5.74, 6) is -4.00. The molecule has 3 atom stereocenters. The van der Waals surface area contributed by atoms with Crippen LogP contribution in [-0.2, 0) is 9.59 Å². The molecule has 162 valence electrons. The molecular weight excluding hydrogens is 417 g/mol. The Bertz CT molecular complexity index is 735. The predicted octanol–water partition coefficient (Wildman–Crippen LogP) is 3.50. The van der Waals surface area contributed by atoms with E-state index in [4.69, 9.17) is 31.4 Å². The molecule has 1 aromatic carbocycles. The van der Waals surface area contributed by atoms with Crippen LogP contribution in [0.5, 0.6) is 5.75 Å². The van der Waals surface area contributed by atoms with Gasteiger partial charge in [0.2, 0.25) is 0 Å². The number of carboxylic acids is 2. The molecule has 0 aromatic heterocycles. The Labute approximate surface area is 170 Å². The van der Waals surface area contributed by atoms with Gasteiger partial charge in [-0.2, -0.15) is 0 Å². The van der Waals surface area contributed by atoms with E-state index in [1.54, 1.807) is 12.1 Å². The molecule has 3 rings (SSSR count). The van der Waals surface area contributed by atoms with Crippen LogP contribution in [0.4, 0.5) is 18.9 Å². The Morgan fingerprint density at radius 2 is 1.83 bits per heavy atom. The second-order valence-electron chi connectivity index (χ2n) is 6.95. The first-order valence-corrected chi connectivity index (χ1v) is 9.40. The molecule has 1 aliphatic heterocycles. The van der Waals surface area contributed by atoms with Crippen LogP contribution in [0.3, 0.4) is 0 Å². The molecule has 1 saturated heterocycles. The van der Waals surface area contributed by atoms with Gasteiger partial charge in [0.1, 0.15) is 5.75 Å². The maximum absolute atomic E-state index is 12.3. The van der Waals surface area contributed by atoms with Crippen LogP contribution in [0, 0.1) is 0 Å². The molecule has 0 bridgehead atoms. The molecule has 0 spiro atoms. The summed E-state index contributed by atoms with van der Waals surface area (Å²) in [7, 11) is 0. The van der Waals surface area contributed by atoms with Crippen molar-refractivity contribution in [1.82, 2.24) is 5.32 Å². The first kappa shape index (κ1) is 23.1. The summed E-state index contributed by atoms with van der Waals surface area (Å²) in [6.07, 6.45) is -0.120. The van der Waals surface area contributed by atoms with Gasteiger partial charge in [-0.1, -0.05) is 24.4 Å². The van der Waals surface area contributed by atoms with Gasteiger partial charge in [0, 0.05) is 30.4 Å². The highest BCUT2D eigenvalue weighted by Gasteiger charge is 2.36. The van der Waals surface area contributed by atoms with Gasteiger partial charge in [-0.3, -0.25) is 0 Å². The van der Waals surface area contributed by atoms with Gasteiger partial charge in [-0.25, -0.2) is 9.59 Å². The second kappa shape index (κ2) is 9.53. The Balaban J connectivity index is 0.000000438. The summed E-state index contributed by atoms with van der Waals surface area (Å²) in [5.41, 5.74) is 0.856. The number of rotatable bonds is 2. The van der Waals surface area contributed by atoms with Crippen molar-refractivity contribution < 1.29 is 37.7 Å². The van der Waals surface area contributed by atoms with Gasteiger partial charge >= 0.3 is 18.3 Å². The van der Waals surface area contributed by atoms with Crippen LogP contribution in [0.15, 0.2) is 18.2 Å². The molecule has 0 amide bonds. The minimum absolute atomic E-state index is 0.0154. The van der Waals surface area contributed by atoms with E-state index in [0.29, 0.717) is 18.1 Å². The standard InChI is InChI=1S/C16H20ClF3N2O.C2H2O4/c1-10-9-22(14-5-3-2-4-13(14)21-10)11-6-7-15(12(17)8-11)23-16(18,19)20;3-1(4)2(5)6/h6-8,10,13-14,21H,2-5,9H2,1H3;(H,3,4)(H,5,6)/t10-,13+,14+;/m0./s1. The van der Waals surface area contributed by atoms with E-state index in [0.717, 1.165) is 25.1 Å². The molecule has 29 heavy (non-hydrogen) atoms. The van der Waals surface area contributed by atoms with Crippen molar-refractivity contribution in [2.75, 3.05) is 11.4 Å². The third kappa shape index (κ3) is 6.67. The minimum atomic E-state index is -4.73. The maximum Gasteiger partial charge on any atom is 0.573 e. The highest BCUT2D eigenvalue weighted by molar-refractivity contribution is 6.32. The molecule has 2 fully saturated rings. The van der Waals surface area contributed by atoms with E-state index in [-0.39, 0.29) is 10.8 Å². The molecule has 2 aliphatic rings. The average Bonchev–Trinajstić information content (AvgIpc) is 2.62. The number of carboxylic acid groups (broad SMARTS) is 2. The second-order valence-corrected chi connectivity index (χ2v) is 7.36. The number of hydrogen-bond acceptors (Lipinski definition) is 5. The van der Waals surface area contributed by atoms with Gasteiger partial charge in [0.15, 0.2) is 0 Å². The summed E-state index contributed by atoms with van der Waals surface area (Å²) in [5, 5.41) is 18.4. The number of carbonyl (C=O) groups is 2. The number of anilines is 1. The van der Waals surface area contributed by atoms with E-state index in [1.807, 2.05) is 0 Å². The van der Waals surface area contributed by atoms with Crippen LogP contribution in [0.1, 0.15) is 32.6 Å². The van der Waals surface area contributed by atoms with Gasteiger partial charge in [0.05, 0.1) is 5.02 Å². The van der Waals surface area contributed by atoms with Crippen LogP contribution in [0.2, 0.25) is 5.02 Å². The van der Waals surface area contributed by atoms with Crippen molar-refractivity contribution in [3.63, 3.8) is 0 Å². The van der Waals surface area contributed by atoms with Crippen molar-refractivity contribution in [2.24, 2.45) is 0 Å². The van der Waals surface area contributed by atoms with Crippen molar-refractivity contribution in [3.8, 4) is 5.75 Å². The fourth-order valence-corrected chi connectivity index (χ4v) is 3.91. The number of nitrogens with zero attached hydrogens (tertiary/aromatic N) is 1. The summed E-state index contributed by atoms with van der Waals surface area (Å²) in [6.45, 7) is 2.94. The lowest BCUT2D eigenvalue weighted by Gasteiger charge is -2.48. The zero-order valence-electron chi connectivity index (χ0n) is 15.6. The van der Waals surface area contributed by atoms with Crippen molar-refractivity contribution >= 4 is 29.2 Å². The monoisotopic (exact) mass is 438 g/mol. The zero-order chi connectivity index (χ0) is 21.8. The Morgan fingerprint density at radius 1 is 1.21 bits per heavy atom. The number of halogens is 4. The molecule has 11 heteroatoms. The number of ether oxygens (including phenoxy) is 1. The van der Waals surface area contributed by atoms with Gasteiger partial charge in [-0.15, -0.1) is 13.2 Å². The lowest BCUT2D eigenvalue weighted by atomic mass is 9.86. The van der Waals surface area contributed by atoms with Crippen LogP contribution in [0.25, 0.3) is 0 Å². The fourth-order valence-electron chi connectivity index (χ4n) is 3.70. The van der Waals surface area contributed by atoms with Crippen LogP contribution >= 0.6 is 11.6 Å². The maximum atomic E-state index is 12.3. The van der Waals surface area contributed by atoms with Gasteiger partial charge in [0.25, 0.3) is 0 Å². The Hall–Kier alpha value is -2.20. The molecule has 1 heterocycles. The highest BCUT2D eigenvalue weighted by atomic mass is 35.5. The third-order valence-corrected chi connectivity index (χ3v) is 5.05. The Morgan fingerprint density at radius 3 is 2.38 bits per heavy atom. The predicted molar refractivity (Wildman–Crippen MR) is 99.4 cm³/mol.